The van der Waals surface area contributed by atoms with Crippen LogP contribution in [-0.4, -0.2) is 47.5 Å². The Labute approximate surface area is 245 Å². The molecule has 0 aliphatic rings. The van der Waals surface area contributed by atoms with E-state index in [0.29, 0.717) is 13.0 Å². The normalized spacial score (nSPS) is 13.5. The highest BCUT2D eigenvalue weighted by atomic mass is 79.9. The van der Waals surface area contributed by atoms with Crippen molar-refractivity contribution in [3.8, 4) is 0 Å². The van der Waals surface area contributed by atoms with Gasteiger partial charge in [0.2, 0.25) is 17.7 Å². The predicted molar refractivity (Wildman–Crippen MR) is 158 cm³/mol. The van der Waals surface area contributed by atoms with Crippen LogP contribution in [0.3, 0.4) is 0 Å². The molecule has 10 heteroatoms. The van der Waals surface area contributed by atoms with Crippen molar-refractivity contribution in [1.82, 2.24) is 21.3 Å². The van der Waals surface area contributed by atoms with Crippen LogP contribution in [0.1, 0.15) is 59.1 Å². The number of ether oxygens (including phenoxy) is 1. The largest absolute Gasteiger partial charge is 0.444 e. The van der Waals surface area contributed by atoms with Gasteiger partial charge >= 0.3 is 6.09 Å². The van der Waals surface area contributed by atoms with Gasteiger partial charge in [-0.1, -0.05) is 72.2 Å². The summed E-state index contributed by atoms with van der Waals surface area (Å²) < 4.78 is 6.26. The van der Waals surface area contributed by atoms with Crippen molar-refractivity contribution in [3.05, 3.63) is 70.2 Å². The van der Waals surface area contributed by atoms with Crippen LogP contribution in [0, 0.1) is 5.92 Å². The number of rotatable bonds is 12. The Morgan fingerprint density at radius 1 is 0.800 bits per heavy atom. The lowest BCUT2D eigenvalue weighted by Crippen LogP contribution is -2.57. The molecule has 3 atom stereocenters. The van der Waals surface area contributed by atoms with Gasteiger partial charge in [0, 0.05) is 17.4 Å². The average molecular weight is 618 g/mol. The number of benzene rings is 2. The van der Waals surface area contributed by atoms with Gasteiger partial charge in [-0.25, -0.2) is 4.79 Å². The fraction of sp³-hybridized carbons (Fsp3) is 0.467. The Morgan fingerprint density at radius 2 is 1.43 bits per heavy atom. The van der Waals surface area contributed by atoms with E-state index < -0.39 is 41.6 Å². The lowest BCUT2D eigenvalue weighted by atomic mass is 10.0. The highest BCUT2D eigenvalue weighted by Gasteiger charge is 2.30. The minimum Gasteiger partial charge on any atom is -0.444 e. The minimum atomic E-state index is -0.981. The van der Waals surface area contributed by atoms with Crippen molar-refractivity contribution in [2.24, 2.45) is 5.92 Å². The van der Waals surface area contributed by atoms with Crippen LogP contribution in [0.2, 0.25) is 0 Å². The number of nitrogens with one attached hydrogen (secondary N) is 4. The monoisotopic (exact) mass is 616 g/mol. The Hall–Kier alpha value is -3.40. The van der Waals surface area contributed by atoms with Gasteiger partial charge in [-0.3, -0.25) is 14.4 Å². The minimum absolute atomic E-state index is 0.0723. The third-order valence-corrected chi connectivity index (χ3v) is 6.23. The van der Waals surface area contributed by atoms with Crippen molar-refractivity contribution in [2.45, 2.75) is 84.7 Å². The zero-order chi connectivity index (χ0) is 29.9. The SMILES string of the molecule is CC(C)C[C@H](NC(=O)[C@H](Cc1ccccc1)NC(=O)OC(C)(C)C)C(=O)N[C@@H](C)C(=O)NCc1cccc(Br)c1. The first-order chi connectivity index (χ1) is 18.7. The Kier molecular flexibility index (Phi) is 12.6. The topological polar surface area (TPSA) is 126 Å². The van der Waals surface area contributed by atoms with E-state index in [9.17, 15) is 19.2 Å². The van der Waals surface area contributed by atoms with Crippen molar-refractivity contribution < 1.29 is 23.9 Å². The summed E-state index contributed by atoms with van der Waals surface area (Å²) in [4.78, 5) is 51.8. The van der Waals surface area contributed by atoms with Crippen molar-refractivity contribution in [3.63, 3.8) is 0 Å². The molecular weight excluding hydrogens is 576 g/mol. The molecule has 0 saturated heterocycles. The number of hydrogen-bond acceptors (Lipinski definition) is 5. The molecule has 0 bridgehead atoms. The van der Waals surface area contributed by atoms with Gasteiger partial charge in [-0.2, -0.15) is 0 Å². The van der Waals surface area contributed by atoms with E-state index in [-0.39, 0.29) is 18.2 Å². The Balaban J connectivity index is 2.09. The molecule has 0 spiro atoms. The summed E-state index contributed by atoms with van der Waals surface area (Å²) in [5.41, 5.74) is 0.999. The first-order valence-corrected chi connectivity index (χ1v) is 14.2. The van der Waals surface area contributed by atoms with E-state index >= 15 is 0 Å². The Morgan fingerprint density at radius 3 is 2.02 bits per heavy atom. The molecule has 2 aromatic carbocycles. The lowest BCUT2D eigenvalue weighted by Gasteiger charge is -2.26. The van der Waals surface area contributed by atoms with Crippen molar-refractivity contribution >= 4 is 39.7 Å². The maximum Gasteiger partial charge on any atom is 0.408 e. The molecular formula is C30H41BrN4O5. The molecule has 218 valence electrons. The lowest BCUT2D eigenvalue weighted by molar-refractivity contribution is -0.132. The highest BCUT2D eigenvalue weighted by Crippen LogP contribution is 2.12. The summed E-state index contributed by atoms with van der Waals surface area (Å²) in [7, 11) is 0. The molecule has 0 aromatic heterocycles. The zero-order valence-electron chi connectivity index (χ0n) is 24.0. The second-order valence-corrected chi connectivity index (χ2v) is 12.1. The van der Waals surface area contributed by atoms with Gasteiger partial charge in [0.15, 0.2) is 0 Å². The summed E-state index contributed by atoms with van der Waals surface area (Å²) >= 11 is 3.41. The quantitative estimate of drug-likeness (QED) is 0.284. The number of carbonyl (C=O) groups excluding carboxylic acids is 4. The summed E-state index contributed by atoms with van der Waals surface area (Å²) in [6, 6.07) is 14.1. The summed E-state index contributed by atoms with van der Waals surface area (Å²) in [6.07, 6.45) is -0.186. The molecule has 2 aromatic rings. The fourth-order valence-corrected chi connectivity index (χ4v) is 4.30. The second-order valence-electron chi connectivity index (χ2n) is 11.2. The molecule has 4 N–H and O–H groups in total. The fourth-order valence-electron chi connectivity index (χ4n) is 3.85. The van der Waals surface area contributed by atoms with Gasteiger partial charge in [-0.05, 0) is 63.3 Å². The van der Waals surface area contributed by atoms with Crippen LogP contribution >= 0.6 is 15.9 Å². The molecule has 0 saturated carbocycles. The second kappa shape index (κ2) is 15.4. The highest BCUT2D eigenvalue weighted by molar-refractivity contribution is 9.10. The molecule has 0 heterocycles. The van der Waals surface area contributed by atoms with Crippen molar-refractivity contribution in [1.29, 1.82) is 0 Å². The van der Waals surface area contributed by atoms with Gasteiger partial charge in [0.25, 0.3) is 0 Å². The van der Waals surface area contributed by atoms with Gasteiger partial charge in [-0.15, -0.1) is 0 Å². The van der Waals surface area contributed by atoms with E-state index in [1.54, 1.807) is 27.7 Å². The summed E-state index contributed by atoms with van der Waals surface area (Å²) in [5.74, 6) is -1.29. The van der Waals surface area contributed by atoms with E-state index in [1.165, 1.54) is 0 Å². The van der Waals surface area contributed by atoms with Crippen LogP contribution in [0.15, 0.2) is 59.1 Å². The van der Waals surface area contributed by atoms with Crippen LogP contribution in [0.25, 0.3) is 0 Å². The third kappa shape index (κ3) is 12.2. The number of hydrogen-bond donors (Lipinski definition) is 4. The molecule has 40 heavy (non-hydrogen) atoms. The molecule has 2 rings (SSSR count). The Bertz CT molecular complexity index is 1150. The zero-order valence-corrected chi connectivity index (χ0v) is 25.6. The van der Waals surface area contributed by atoms with Gasteiger partial charge in [0.1, 0.15) is 23.7 Å². The van der Waals surface area contributed by atoms with Crippen LogP contribution in [-0.2, 0) is 32.1 Å². The molecule has 0 unspecified atom stereocenters. The molecule has 0 fully saturated rings. The third-order valence-electron chi connectivity index (χ3n) is 5.74. The van der Waals surface area contributed by atoms with Crippen molar-refractivity contribution in [2.75, 3.05) is 0 Å². The molecule has 4 amide bonds. The van der Waals surface area contributed by atoms with Crippen LogP contribution < -0.4 is 21.3 Å². The van der Waals surface area contributed by atoms with E-state index in [2.05, 4.69) is 37.2 Å². The molecule has 0 radical (unpaired) electrons. The smallest absolute Gasteiger partial charge is 0.408 e. The number of amides is 4. The van der Waals surface area contributed by atoms with E-state index in [4.69, 9.17) is 4.74 Å². The number of halogens is 1. The molecule has 0 aliphatic carbocycles. The summed E-state index contributed by atoms with van der Waals surface area (Å²) in [5, 5.41) is 11.0. The maximum atomic E-state index is 13.4. The van der Waals surface area contributed by atoms with E-state index in [1.807, 2.05) is 68.4 Å². The first-order valence-electron chi connectivity index (χ1n) is 13.4. The molecule has 0 aliphatic heterocycles. The average Bonchev–Trinajstić information content (AvgIpc) is 2.85. The predicted octanol–water partition coefficient (Wildman–Crippen LogP) is 4.24. The number of carbonyl (C=O) groups is 4. The van der Waals surface area contributed by atoms with Gasteiger partial charge < -0.3 is 26.0 Å². The maximum absolute atomic E-state index is 13.4. The molecule has 9 nitrogen and oxygen atoms in total. The van der Waals surface area contributed by atoms with Gasteiger partial charge in [0.05, 0.1) is 0 Å². The number of alkyl carbamates (subject to hydrolysis) is 1. The summed E-state index contributed by atoms with van der Waals surface area (Å²) in [6.45, 7) is 11.0. The first kappa shape index (κ1) is 32.8. The van der Waals surface area contributed by atoms with Crippen LogP contribution in [0.5, 0.6) is 0 Å². The van der Waals surface area contributed by atoms with Crippen LogP contribution in [0.4, 0.5) is 4.79 Å². The standard InChI is InChI=1S/C30H41BrN4O5/c1-19(2)15-24(27(37)33-20(3)26(36)32-18-22-13-10-14-23(31)16-22)34-28(38)25(17-21-11-8-7-9-12-21)35-29(39)40-30(4,5)6/h7-14,16,19-20,24-25H,15,17-18H2,1-6H3,(H,32,36)(H,33,37)(H,34,38)(H,35,39)/t20-,24-,25-/m0/s1. The van der Waals surface area contributed by atoms with E-state index in [0.717, 1.165) is 15.6 Å².